The Morgan fingerprint density at radius 2 is 2.29 bits per heavy atom. The first kappa shape index (κ1) is 16.6. The lowest BCUT2D eigenvalue weighted by Gasteiger charge is -2.26. The van der Waals surface area contributed by atoms with Crippen LogP contribution in [-0.4, -0.2) is 41.1 Å². The van der Waals surface area contributed by atoms with Gasteiger partial charge in [0.15, 0.2) is 0 Å². The van der Waals surface area contributed by atoms with E-state index in [1.807, 2.05) is 17.2 Å². The third-order valence-electron chi connectivity index (χ3n) is 3.93. The van der Waals surface area contributed by atoms with Gasteiger partial charge in [0.05, 0.1) is 0 Å². The Morgan fingerprint density at radius 1 is 1.48 bits per heavy atom. The Labute approximate surface area is 136 Å². The lowest BCUT2D eigenvalue weighted by atomic mass is 10.2. The first-order valence-electron chi connectivity index (χ1n) is 8.04. The number of nitrogens with one attached hydrogen (secondary N) is 1. The molecule has 1 unspecified atom stereocenters. The lowest BCUT2D eigenvalue weighted by Crippen LogP contribution is -2.42. The van der Waals surface area contributed by atoms with E-state index in [4.69, 9.17) is 0 Å². The summed E-state index contributed by atoms with van der Waals surface area (Å²) in [5, 5.41) is 3.49. The maximum Gasteiger partial charge on any atom is 0.270 e. The van der Waals surface area contributed by atoms with E-state index < -0.39 is 0 Å². The normalized spacial score (nSPS) is 18.1. The predicted molar refractivity (Wildman–Crippen MR) is 89.6 cm³/mol. The molecule has 0 radical (unpaired) electrons. The summed E-state index contributed by atoms with van der Waals surface area (Å²) in [5.74, 6) is 0.157. The van der Waals surface area contributed by atoms with E-state index in [1.54, 1.807) is 0 Å². The van der Waals surface area contributed by atoms with Crippen LogP contribution >= 0.6 is 15.9 Å². The molecule has 1 aromatic rings. The summed E-state index contributed by atoms with van der Waals surface area (Å²) in [7, 11) is 0. The van der Waals surface area contributed by atoms with Crippen molar-refractivity contribution >= 4 is 21.8 Å². The highest BCUT2D eigenvalue weighted by atomic mass is 79.9. The molecule has 1 fully saturated rings. The Kier molecular flexibility index (Phi) is 6.30. The number of hydrogen-bond acceptors (Lipinski definition) is 2. The first-order valence-corrected chi connectivity index (χ1v) is 8.83. The van der Waals surface area contributed by atoms with Gasteiger partial charge in [-0.1, -0.05) is 13.8 Å². The van der Waals surface area contributed by atoms with E-state index in [9.17, 15) is 4.79 Å². The highest BCUT2D eigenvalue weighted by Gasteiger charge is 2.24. The van der Waals surface area contributed by atoms with E-state index >= 15 is 0 Å². The summed E-state index contributed by atoms with van der Waals surface area (Å²) in [5.41, 5.74) is 0.801. The van der Waals surface area contributed by atoms with Crippen LogP contribution in [0.4, 0.5) is 0 Å². The summed E-state index contributed by atoms with van der Waals surface area (Å²) in [6.45, 7) is 7.87. The minimum atomic E-state index is 0.157. The average Bonchev–Trinajstić information content (AvgIpc) is 3.08. The Morgan fingerprint density at radius 3 is 2.90 bits per heavy atom. The van der Waals surface area contributed by atoms with E-state index in [1.165, 1.54) is 12.8 Å². The summed E-state index contributed by atoms with van der Waals surface area (Å²) < 4.78 is 3.05. The van der Waals surface area contributed by atoms with Gasteiger partial charge in [0.25, 0.3) is 5.91 Å². The van der Waals surface area contributed by atoms with Gasteiger partial charge < -0.3 is 14.8 Å². The highest BCUT2D eigenvalue weighted by Crippen LogP contribution is 2.18. The van der Waals surface area contributed by atoms with Gasteiger partial charge in [-0.2, -0.15) is 0 Å². The summed E-state index contributed by atoms with van der Waals surface area (Å²) in [6.07, 6.45) is 6.42. The number of rotatable bonds is 7. The summed E-state index contributed by atoms with van der Waals surface area (Å²) in [6, 6.07) is 2.40. The average molecular weight is 356 g/mol. The van der Waals surface area contributed by atoms with Crippen LogP contribution in [0.2, 0.25) is 0 Å². The molecule has 118 valence electrons. The molecule has 5 heteroatoms. The number of halogens is 1. The Hall–Kier alpha value is -0.810. The standard InChI is InChI=1S/C16H26BrN3O/c1-3-8-19-11-13(17)10-15(19)16(21)20(9-4-2)12-14-6-5-7-18-14/h10-11,14,18H,3-9,12H2,1-2H3. The van der Waals surface area contributed by atoms with E-state index in [2.05, 4.69) is 39.7 Å². The first-order chi connectivity index (χ1) is 10.2. The van der Waals surface area contributed by atoms with Crippen molar-refractivity contribution in [2.24, 2.45) is 0 Å². The molecule has 0 bridgehead atoms. The molecule has 0 aromatic carbocycles. The lowest BCUT2D eigenvalue weighted by molar-refractivity contribution is 0.0731. The minimum Gasteiger partial charge on any atom is -0.342 e. The van der Waals surface area contributed by atoms with Crippen LogP contribution in [0.25, 0.3) is 0 Å². The maximum atomic E-state index is 12.9. The topological polar surface area (TPSA) is 37.3 Å². The van der Waals surface area contributed by atoms with Crippen molar-refractivity contribution < 1.29 is 4.79 Å². The zero-order chi connectivity index (χ0) is 15.2. The third kappa shape index (κ3) is 4.33. The second kappa shape index (κ2) is 7.99. The molecule has 1 atom stereocenters. The summed E-state index contributed by atoms with van der Waals surface area (Å²) in [4.78, 5) is 14.9. The molecule has 1 N–H and O–H groups in total. The molecule has 2 heterocycles. The molecule has 4 nitrogen and oxygen atoms in total. The van der Waals surface area contributed by atoms with Crippen molar-refractivity contribution in [2.75, 3.05) is 19.6 Å². The fourth-order valence-electron chi connectivity index (χ4n) is 2.97. The quantitative estimate of drug-likeness (QED) is 0.814. The number of aryl methyl sites for hydroxylation is 1. The minimum absolute atomic E-state index is 0.157. The molecular formula is C16H26BrN3O. The van der Waals surface area contributed by atoms with E-state index in [0.717, 1.165) is 49.2 Å². The van der Waals surface area contributed by atoms with Gasteiger partial charge in [-0.05, 0) is 54.2 Å². The smallest absolute Gasteiger partial charge is 0.270 e. The third-order valence-corrected chi connectivity index (χ3v) is 4.36. The SMILES string of the molecule is CCCN(CC1CCCN1)C(=O)c1cc(Br)cn1CCC. The van der Waals surface area contributed by atoms with Crippen LogP contribution in [0.5, 0.6) is 0 Å². The molecule has 1 aromatic heterocycles. The Bertz CT molecular complexity index is 466. The number of nitrogens with zero attached hydrogens (tertiary/aromatic N) is 2. The predicted octanol–water partition coefficient (Wildman–Crippen LogP) is 3.26. The highest BCUT2D eigenvalue weighted by molar-refractivity contribution is 9.10. The molecular weight excluding hydrogens is 330 g/mol. The Balaban J connectivity index is 2.12. The summed E-state index contributed by atoms with van der Waals surface area (Å²) >= 11 is 3.49. The van der Waals surface area contributed by atoms with Crippen molar-refractivity contribution in [2.45, 2.75) is 52.1 Å². The van der Waals surface area contributed by atoms with Gasteiger partial charge in [0.1, 0.15) is 5.69 Å². The molecule has 1 amide bonds. The van der Waals surface area contributed by atoms with Crippen LogP contribution in [0.3, 0.4) is 0 Å². The van der Waals surface area contributed by atoms with Gasteiger partial charge in [0.2, 0.25) is 0 Å². The van der Waals surface area contributed by atoms with Gasteiger partial charge in [0, 0.05) is 36.3 Å². The number of carbonyl (C=O) groups excluding carboxylic acids is 1. The largest absolute Gasteiger partial charge is 0.342 e. The molecule has 1 aliphatic heterocycles. The fraction of sp³-hybridized carbons (Fsp3) is 0.688. The van der Waals surface area contributed by atoms with Crippen LogP contribution in [0.1, 0.15) is 50.0 Å². The molecule has 0 spiro atoms. The van der Waals surface area contributed by atoms with Crippen molar-refractivity contribution in [3.8, 4) is 0 Å². The number of aromatic nitrogens is 1. The van der Waals surface area contributed by atoms with Crippen LogP contribution in [0.15, 0.2) is 16.7 Å². The zero-order valence-corrected chi connectivity index (χ0v) is 14.7. The molecule has 1 aliphatic rings. The second-order valence-corrected chi connectivity index (χ2v) is 6.70. The monoisotopic (exact) mass is 355 g/mol. The van der Waals surface area contributed by atoms with Crippen molar-refractivity contribution in [1.82, 2.24) is 14.8 Å². The number of carbonyl (C=O) groups is 1. The van der Waals surface area contributed by atoms with Gasteiger partial charge in [-0.15, -0.1) is 0 Å². The number of hydrogen-bond donors (Lipinski definition) is 1. The molecule has 0 aliphatic carbocycles. The van der Waals surface area contributed by atoms with Gasteiger partial charge >= 0.3 is 0 Å². The second-order valence-electron chi connectivity index (χ2n) is 5.78. The van der Waals surface area contributed by atoms with Crippen LogP contribution in [-0.2, 0) is 6.54 Å². The molecule has 1 saturated heterocycles. The van der Waals surface area contributed by atoms with Crippen LogP contribution < -0.4 is 5.32 Å². The number of amides is 1. The van der Waals surface area contributed by atoms with E-state index in [0.29, 0.717) is 6.04 Å². The van der Waals surface area contributed by atoms with Crippen molar-refractivity contribution in [3.05, 3.63) is 22.4 Å². The fourth-order valence-corrected chi connectivity index (χ4v) is 3.43. The maximum absolute atomic E-state index is 12.9. The molecule has 2 rings (SSSR count). The van der Waals surface area contributed by atoms with Crippen molar-refractivity contribution in [1.29, 1.82) is 0 Å². The van der Waals surface area contributed by atoms with Gasteiger partial charge in [-0.25, -0.2) is 0 Å². The van der Waals surface area contributed by atoms with Crippen molar-refractivity contribution in [3.63, 3.8) is 0 Å². The van der Waals surface area contributed by atoms with E-state index in [-0.39, 0.29) is 5.91 Å². The molecule has 0 saturated carbocycles. The van der Waals surface area contributed by atoms with Crippen LogP contribution in [0, 0.1) is 0 Å². The zero-order valence-electron chi connectivity index (χ0n) is 13.1. The molecule has 21 heavy (non-hydrogen) atoms. The van der Waals surface area contributed by atoms with Gasteiger partial charge in [-0.3, -0.25) is 4.79 Å².